The maximum atomic E-state index is 11.3. The smallest absolute Gasteiger partial charge is 0.321 e. The Labute approximate surface area is 107 Å². The first-order valence-electron chi connectivity index (χ1n) is 5.79. The summed E-state index contributed by atoms with van der Waals surface area (Å²) in [5.74, 6) is -0.784. The first kappa shape index (κ1) is 14.0. The molecule has 1 atom stereocenters. The number of halogens is 1. The van der Waals surface area contributed by atoms with Gasteiger partial charge in [-0.1, -0.05) is 37.6 Å². The molecule has 0 spiro atoms. The van der Waals surface area contributed by atoms with Crippen LogP contribution in [0.4, 0.5) is 0 Å². The quantitative estimate of drug-likeness (QED) is 0.850. The van der Waals surface area contributed by atoms with Gasteiger partial charge in [0.1, 0.15) is 6.04 Å². The van der Waals surface area contributed by atoms with E-state index >= 15 is 0 Å². The van der Waals surface area contributed by atoms with Crippen LogP contribution in [0, 0.1) is 0 Å². The number of rotatable bonds is 6. The third kappa shape index (κ3) is 4.02. The zero-order chi connectivity index (χ0) is 12.8. The molecule has 0 fully saturated rings. The van der Waals surface area contributed by atoms with Crippen LogP contribution in [0.3, 0.4) is 0 Å². The number of carboxylic acid groups (broad SMARTS) is 1. The van der Waals surface area contributed by atoms with Gasteiger partial charge < -0.3 is 5.11 Å². The number of aliphatic carboxylic acids is 1. The van der Waals surface area contributed by atoms with Crippen LogP contribution in [-0.4, -0.2) is 35.1 Å². The van der Waals surface area contributed by atoms with Crippen LogP contribution in [0.15, 0.2) is 24.3 Å². The molecule has 0 amide bonds. The number of hydrogen-bond acceptors (Lipinski definition) is 2. The van der Waals surface area contributed by atoms with E-state index in [0.717, 1.165) is 18.7 Å². The molecule has 1 aromatic carbocycles. The molecular formula is C13H18ClNO2. The van der Waals surface area contributed by atoms with Crippen molar-refractivity contribution in [2.45, 2.75) is 26.3 Å². The van der Waals surface area contributed by atoms with Gasteiger partial charge in [0.25, 0.3) is 0 Å². The molecule has 0 aromatic heterocycles. The van der Waals surface area contributed by atoms with Crippen molar-refractivity contribution in [3.8, 4) is 0 Å². The average molecular weight is 256 g/mol. The van der Waals surface area contributed by atoms with Gasteiger partial charge in [-0.05, 0) is 37.2 Å². The van der Waals surface area contributed by atoms with Crippen molar-refractivity contribution in [1.82, 2.24) is 4.90 Å². The van der Waals surface area contributed by atoms with Crippen molar-refractivity contribution in [3.63, 3.8) is 0 Å². The Bertz CT molecular complexity index is 377. The van der Waals surface area contributed by atoms with Crippen LogP contribution in [0.25, 0.3) is 0 Å². The average Bonchev–Trinajstić information content (AvgIpc) is 2.29. The lowest BCUT2D eigenvalue weighted by atomic mass is 10.0. The molecule has 0 heterocycles. The van der Waals surface area contributed by atoms with Crippen molar-refractivity contribution in [3.05, 3.63) is 34.9 Å². The Balaban J connectivity index is 2.83. The van der Waals surface area contributed by atoms with E-state index in [2.05, 4.69) is 0 Å². The normalized spacial score (nSPS) is 12.7. The van der Waals surface area contributed by atoms with Gasteiger partial charge in [-0.15, -0.1) is 0 Å². The lowest BCUT2D eigenvalue weighted by Crippen LogP contribution is -2.42. The largest absolute Gasteiger partial charge is 0.480 e. The summed E-state index contributed by atoms with van der Waals surface area (Å²) in [6.45, 7) is 5.40. The highest BCUT2D eigenvalue weighted by Crippen LogP contribution is 2.14. The van der Waals surface area contributed by atoms with E-state index in [1.165, 1.54) is 0 Å². The van der Waals surface area contributed by atoms with Crippen molar-refractivity contribution in [2.75, 3.05) is 13.1 Å². The van der Waals surface area contributed by atoms with E-state index < -0.39 is 12.0 Å². The SMILES string of the molecule is CCN(CC)C(Cc1cccc(Cl)c1)C(=O)O. The Hall–Kier alpha value is -1.06. The number of carbonyl (C=O) groups is 1. The van der Waals surface area contributed by atoms with E-state index in [1.54, 1.807) is 6.07 Å². The van der Waals surface area contributed by atoms with Crippen LogP contribution < -0.4 is 0 Å². The Morgan fingerprint density at radius 1 is 1.41 bits per heavy atom. The number of likely N-dealkylation sites (N-methyl/N-ethyl adjacent to an activating group) is 1. The molecule has 0 aliphatic carbocycles. The highest BCUT2D eigenvalue weighted by molar-refractivity contribution is 6.30. The van der Waals surface area contributed by atoms with Crippen LogP contribution in [-0.2, 0) is 11.2 Å². The van der Waals surface area contributed by atoms with Gasteiger partial charge in [-0.2, -0.15) is 0 Å². The lowest BCUT2D eigenvalue weighted by molar-refractivity contribution is -0.143. The zero-order valence-electron chi connectivity index (χ0n) is 10.2. The number of carboxylic acids is 1. The molecule has 0 radical (unpaired) electrons. The fourth-order valence-corrected chi connectivity index (χ4v) is 2.14. The predicted molar refractivity (Wildman–Crippen MR) is 69.5 cm³/mol. The number of nitrogens with zero attached hydrogens (tertiary/aromatic N) is 1. The second kappa shape index (κ2) is 6.62. The molecule has 0 aliphatic rings. The molecule has 0 bridgehead atoms. The fourth-order valence-electron chi connectivity index (χ4n) is 1.92. The van der Waals surface area contributed by atoms with Crippen molar-refractivity contribution in [1.29, 1.82) is 0 Å². The van der Waals surface area contributed by atoms with Crippen LogP contribution in [0.5, 0.6) is 0 Å². The molecular weight excluding hydrogens is 238 g/mol. The number of hydrogen-bond donors (Lipinski definition) is 1. The van der Waals surface area contributed by atoms with Crippen LogP contribution >= 0.6 is 11.6 Å². The van der Waals surface area contributed by atoms with E-state index in [4.69, 9.17) is 11.6 Å². The van der Waals surface area contributed by atoms with Gasteiger partial charge in [0.05, 0.1) is 0 Å². The minimum atomic E-state index is -0.784. The summed E-state index contributed by atoms with van der Waals surface area (Å²) >= 11 is 5.89. The van der Waals surface area contributed by atoms with Crippen LogP contribution in [0.2, 0.25) is 5.02 Å². The second-order valence-corrected chi connectivity index (χ2v) is 4.35. The Morgan fingerprint density at radius 3 is 2.53 bits per heavy atom. The summed E-state index contributed by atoms with van der Waals surface area (Å²) in [6, 6.07) is 6.88. The Morgan fingerprint density at radius 2 is 2.06 bits per heavy atom. The van der Waals surface area contributed by atoms with Gasteiger partial charge in [-0.25, -0.2) is 0 Å². The summed E-state index contributed by atoms with van der Waals surface area (Å²) in [6.07, 6.45) is 0.484. The monoisotopic (exact) mass is 255 g/mol. The first-order valence-corrected chi connectivity index (χ1v) is 6.17. The van der Waals surface area contributed by atoms with Gasteiger partial charge in [-0.3, -0.25) is 9.69 Å². The molecule has 1 aromatic rings. The Kier molecular flexibility index (Phi) is 5.45. The number of benzene rings is 1. The molecule has 3 nitrogen and oxygen atoms in total. The molecule has 94 valence electrons. The summed E-state index contributed by atoms with van der Waals surface area (Å²) in [4.78, 5) is 13.2. The molecule has 4 heteroatoms. The molecule has 0 saturated heterocycles. The predicted octanol–water partition coefficient (Wildman–Crippen LogP) is 2.68. The minimum Gasteiger partial charge on any atom is -0.480 e. The van der Waals surface area contributed by atoms with Crippen molar-refractivity contribution < 1.29 is 9.90 Å². The van der Waals surface area contributed by atoms with Gasteiger partial charge >= 0.3 is 5.97 Å². The molecule has 1 N–H and O–H groups in total. The molecule has 1 rings (SSSR count). The summed E-state index contributed by atoms with van der Waals surface area (Å²) in [7, 11) is 0. The minimum absolute atomic E-state index is 0.483. The third-order valence-electron chi connectivity index (χ3n) is 2.86. The summed E-state index contributed by atoms with van der Waals surface area (Å²) in [5.41, 5.74) is 0.955. The first-order chi connectivity index (χ1) is 8.08. The fraction of sp³-hybridized carbons (Fsp3) is 0.462. The van der Waals surface area contributed by atoms with Gasteiger partial charge in [0.15, 0.2) is 0 Å². The van der Waals surface area contributed by atoms with Crippen LogP contribution in [0.1, 0.15) is 19.4 Å². The van der Waals surface area contributed by atoms with Gasteiger partial charge in [0, 0.05) is 5.02 Å². The summed E-state index contributed by atoms with van der Waals surface area (Å²) in [5, 5.41) is 9.91. The second-order valence-electron chi connectivity index (χ2n) is 3.91. The molecule has 0 saturated carbocycles. The van der Waals surface area contributed by atoms with E-state index in [9.17, 15) is 9.90 Å². The standard InChI is InChI=1S/C13H18ClNO2/c1-3-15(4-2)12(13(16)17)9-10-6-5-7-11(14)8-10/h5-8,12H,3-4,9H2,1-2H3,(H,16,17). The summed E-state index contributed by atoms with van der Waals surface area (Å²) < 4.78 is 0. The zero-order valence-corrected chi connectivity index (χ0v) is 10.9. The maximum absolute atomic E-state index is 11.3. The van der Waals surface area contributed by atoms with Gasteiger partial charge in [0.2, 0.25) is 0 Å². The van der Waals surface area contributed by atoms with E-state index in [0.29, 0.717) is 11.4 Å². The maximum Gasteiger partial charge on any atom is 0.321 e. The molecule has 0 aliphatic heterocycles. The topological polar surface area (TPSA) is 40.5 Å². The van der Waals surface area contributed by atoms with E-state index in [-0.39, 0.29) is 0 Å². The molecule has 17 heavy (non-hydrogen) atoms. The highest BCUT2D eigenvalue weighted by Gasteiger charge is 2.23. The molecule has 1 unspecified atom stereocenters. The van der Waals surface area contributed by atoms with Crippen molar-refractivity contribution >= 4 is 17.6 Å². The van der Waals surface area contributed by atoms with Crippen molar-refractivity contribution in [2.24, 2.45) is 0 Å². The third-order valence-corrected chi connectivity index (χ3v) is 3.09. The highest BCUT2D eigenvalue weighted by atomic mass is 35.5. The van der Waals surface area contributed by atoms with E-state index in [1.807, 2.05) is 36.9 Å². The lowest BCUT2D eigenvalue weighted by Gasteiger charge is -2.26.